The lowest BCUT2D eigenvalue weighted by Gasteiger charge is -2.15. The minimum absolute atomic E-state index is 0.0105. The van der Waals surface area contributed by atoms with Gasteiger partial charge in [-0.3, -0.25) is 0 Å². The van der Waals surface area contributed by atoms with Gasteiger partial charge in [0, 0.05) is 22.5 Å². The van der Waals surface area contributed by atoms with Gasteiger partial charge in [0.2, 0.25) is 0 Å². The third-order valence-electron chi connectivity index (χ3n) is 2.51. The molecule has 0 saturated carbocycles. The summed E-state index contributed by atoms with van der Waals surface area (Å²) in [5, 5.41) is 2.88. The topological polar surface area (TPSA) is 12.0 Å². The first kappa shape index (κ1) is 15.4. The molecule has 0 bridgehead atoms. The molecule has 102 valence electrons. The lowest BCUT2D eigenvalue weighted by atomic mass is 10.1. The van der Waals surface area contributed by atoms with Crippen molar-refractivity contribution in [2.75, 3.05) is 6.54 Å². The van der Waals surface area contributed by atoms with E-state index in [1.165, 1.54) is 6.07 Å². The SMILES string of the molecule is CC(NCCCC(F)(F)F)c1cc(Br)ccc1F. The van der Waals surface area contributed by atoms with Crippen LogP contribution in [-0.2, 0) is 0 Å². The number of rotatable bonds is 5. The number of halogens is 5. The van der Waals surface area contributed by atoms with Gasteiger partial charge < -0.3 is 5.32 Å². The fraction of sp³-hybridized carbons (Fsp3) is 0.500. The van der Waals surface area contributed by atoms with Crippen molar-refractivity contribution in [3.63, 3.8) is 0 Å². The van der Waals surface area contributed by atoms with E-state index in [-0.39, 0.29) is 24.8 Å². The molecular weight excluding hydrogens is 314 g/mol. The minimum Gasteiger partial charge on any atom is -0.310 e. The van der Waals surface area contributed by atoms with Gasteiger partial charge >= 0.3 is 6.18 Å². The van der Waals surface area contributed by atoms with Crippen molar-refractivity contribution in [1.29, 1.82) is 0 Å². The Morgan fingerprint density at radius 2 is 2.00 bits per heavy atom. The van der Waals surface area contributed by atoms with E-state index in [1.807, 2.05) is 0 Å². The van der Waals surface area contributed by atoms with E-state index in [1.54, 1.807) is 19.1 Å². The smallest absolute Gasteiger partial charge is 0.310 e. The van der Waals surface area contributed by atoms with Crippen molar-refractivity contribution >= 4 is 15.9 Å². The van der Waals surface area contributed by atoms with E-state index in [4.69, 9.17) is 0 Å². The number of hydrogen-bond donors (Lipinski definition) is 1. The summed E-state index contributed by atoms with van der Waals surface area (Å²) in [4.78, 5) is 0. The molecule has 0 aliphatic rings. The van der Waals surface area contributed by atoms with Gasteiger partial charge in [0.25, 0.3) is 0 Å². The van der Waals surface area contributed by atoms with Crippen molar-refractivity contribution in [1.82, 2.24) is 5.32 Å². The highest BCUT2D eigenvalue weighted by atomic mass is 79.9. The molecule has 6 heteroatoms. The summed E-state index contributed by atoms with van der Waals surface area (Å²) in [5.41, 5.74) is 0.441. The molecule has 1 rings (SSSR count). The number of nitrogens with one attached hydrogen (secondary N) is 1. The summed E-state index contributed by atoms with van der Waals surface area (Å²) >= 11 is 3.23. The fourth-order valence-electron chi connectivity index (χ4n) is 1.56. The molecule has 1 aromatic rings. The van der Waals surface area contributed by atoms with E-state index >= 15 is 0 Å². The van der Waals surface area contributed by atoms with Gasteiger partial charge in [0.15, 0.2) is 0 Å². The molecule has 0 fully saturated rings. The predicted molar refractivity (Wildman–Crippen MR) is 65.8 cm³/mol. The lowest BCUT2D eigenvalue weighted by Crippen LogP contribution is -2.22. The molecule has 0 saturated heterocycles. The van der Waals surface area contributed by atoms with Crippen molar-refractivity contribution < 1.29 is 17.6 Å². The standard InChI is InChI=1S/C12H14BrF4N/c1-8(18-6-2-5-12(15,16)17)10-7-9(13)3-4-11(10)14/h3-4,7-8,18H,2,5-6H2,1H3. The summed E-state index contributed by atoms with van der Waals surface area (Å²) in [7, 11) is 0. The van der Waals surface area contributed by atoms with Crippen LogP contribution in [0.3, 0.4) is 0 Å². The van der Waals surface area contributed by atoms with Crippen LogP contribution < -0.4 is 5.32 Å². The molecule has 1 unspecified atom stereocenters. The monoisotopic (exact) mass is 327 g/mol. The summed E-state index contributed by atoms with van der Waals surface area (Å²) in [6, 6.07) is 4.20. The Morgan fingerprint density at radius 3 is 2.61 bits per heavy atom. The van der Waals surface area contributed by atoms with E-state index in [0.717, 1.165) is 4.47 Å². The Balaban J connectivity index is 2.45. The zero-order valence-corrected chi connectivity index (χ0v) is 11.4. The highest BCUT2D eigenvalue weighted by Gasteiger charge is 2.26. The van der Waals surface area contributed by atoms with Crippen molar-refractivity contribution in [2.24, 2.45) is 0 Å². The second kappa shape index (κ2) is 6.52. The van der Waals surface area contributed by atoms with Gasteiger partial charge in [0.1, 0.15) is 5.82 Å². The maximum atomic E-state index is 13.5. The Bertz CT molecular complexity index is 392. The van der Waals surface area contributed by atoms with E-state index in [2.05, 4.69) is 21.2 Å². The minimum atomic E-state index is -4.13. The summed E-state index contributed by atoms with van der Waals surface area (Å²) < 4.78 is 50.0. The number of benzene rings is 1. The maximum Gasteiger partial charge on any atom is 0.389 e. The quantitative estimate of drug-likeness (QED) is 0.616. The molecule has 0 spiro atoms. The molecule has 0 radical (unpaired) electrons. The van der Waals surface area contributed by atoms with Crippen molar-refractivity contribution in [2.45, 2.75) is 32.0 Å². The predicted octanol–water partition coefficient (Wildman–Crippen LogP) is 4.58. The molecule has 18 heavy (non-hydrogen) atoms. The van der Waals surface area contributed by atoms with Gasteiger partial charge in [-0.25, -0.2) is 4.39 Å². The molecule has 1 aromatic carbocycles. The second-order valence-electron chi connectivity index (χ2n) is 4.06. The molecular formula is C12H14BrF4N. The Morgan fingerprint density at radius 1 is 1.33 bits per heavy atom. The summed E-state index contributed by atoms with van der Waals surface area (Å²) in [6.07, 6.45) is -4.97. The largest absolute Gasteiger partial charge is 0.389 e. The summed E-state index contributed by atoms with van der Waals surface area (Å²) in [5.74, 6) is -0.367. The van der Waals surface area contributed by atoms with Crippen LogP contribution in [0.5, 0.6) is 0 Å². The van der Waals surface area contributed by atoms with Gasteiger partial charge in [-0.1, -0.05) is 15.9 Å². The molecule has 1 nitrogen and oxygen atoms in total. The van der Waals surface area contributed by atoms with Crippen LogP contribution in [0.25, 0.3) is 0 Å². The zero-order valence-electron chi connectivity index (χ0n) is 9.82. The van der Waals surface area contributed by atoms with Crippen molar-refractivity contribution in [3.8, 4) is 0 Å². The molecule has 0 heterocycles. The Hall–Kier alpha value is -0.620. The lowest BCUT2D eigenvalue weighted by molar-refractivity contribution is -0.135. The Labute approximate surface area is 112 Å². The highest BCUT2D eigenvalue weighted by Crippen LogP contribution is 2.23. The average molecular weight is 328 g/mol. The van der Waals surface area contributed by atoms with Gasteiger partial charge in [-0.15, -0.1) is 0 Å². The Kier molecular flexibility index (Phi) is 5.59. The zero-order chi connectivity index (χ0) is 13.8. The molecule has 1 N–H and O–H groups in total. The van der Waals surface area contributed by atoms with Crippen LogP contribution in [0.15, 0.2) is 22.7 Å². The summed E-state index contributed by atoms with van der Waals surface area (Å²) in [6.45, 7) is 1.92. The third kappa shape index (κ3) is 5.35. The van der Waals surface area contributed by atoms with Gasteiger partial charge in [0.05, 0.1) is 0 Å². The normalized spacial score (nSPS) is 13.7. The van der Waals surface area contributed by atoms with Crippen LogP contribution in [-0.4, -0.2) is 12.7 Å². The van der Waals surface area contributed by atoms with Crippen LogP contribution >= 0.6 is 15.9 Å². The maximum absolute atomic E-state index is 13.5. The first-order valence-corrected chi connectivity index (χ1v) is 6.34. The first-order valence-electron chi connectivity index (χ1n) is 5.54. The van der Waals surface area contributed by atoms with Crippen LogP contribution in [0.1, 0.15) is 31.4 Å². The van der Waals surface area contributed by atoms with Gasteiger partial charge in [-0.05, 0) is 38.1 Å². The third-order valence-corrected chi connectivity index (χ3v) is 3.01. The molecule has 1 atom stereocenters. The number of hydrogen-bond acceptors (Lipinski definition) is 1. The van der Waals surface area contributed by atoms with Crippen LogP contribution in [0.2, 0.25) is 0 Å². The van der Waals surface area contributed by atoms with Gasteiger partial charge in [-0.2, -0.15) is 13.2 Å². The van der Waals surface area contributed by atoms with E-state index in [9.17, 15) is 17.6 Å². The molecule has 0 aliphatic carbocycles. The highest BCUT2D eigenvalue weighted by molar-refractivity contribution is 9.10. The van der Waals surface area contributed by atoms with Crippen LogP contribution in [0.4, 0.5) is 17.6 Å². The molecule has 0 amide bonds. The number of alkyl halides is 3. The molecule has 0 aromatic heterocycles. The van der Waals surface area contributed by atoms with Crippen LogP contribution in [0, 0.1) is 5.82 Å². The average Bonchev–Trinajstić information content (AvgIpc) is 2.26. The second-order valence-corrected chi connectivity index (χ2v) is 4.98. The fourth-order valence-corrected chi connectivity index (χ4v) is 1.94. The van der Waals surface area contributed by atoms with Crippen molar-refractivity contribution in [3.05, 3.63) is 34.1 Å². The molecule has 0 aliphatic heterocycles. The van der Waals surface area contributed by atoms with E-state index < -0.39 is 12.6 Å². The first-order chi connectivity index (χ1) is 8.29. The van der Waals surface area contributed by atoms with E-state index in [0.29, 0.717) is 5.56 Å².